The van der Waals surface area contributed by atoms with Crippen molar-refractivity contribution < 1.29 is 8.42 Å². The Morgan fingerprint density at radius 2 is 2.25 bits per heavy atom. The van der Waals surface area contributed by atoms with E-state index in [2.05, 4.69) is 11.6 Å². The Hall–Kier alpha value is -0.620. The van der Waals surface area contributed by atoms with Gasteiger partial charge in [0.05, 0.1) is 0 Å². The molecule has 20 heavy (non-hydrogen) atoms. The van der Waals surface area contributed by atoms with Crippen LogP contribution < -0.4 is 4.72 Å². The maximum Gasteiger partial charge on any atom is 0.279 e. The second-order valence-electron chi connectivity index (χ2n) is 5.38. The van der Waals surface area contributed by atoms with Gasteiger partial charge in [0.2, 0.25) is 0 Å². The third kappa shape index (κ3) is 4.45. The van der Waals surface area contributed by atoms with E-state index < -0.39 is 10.2 Å². The van der Waals surface area contributed by atoms with Crippen LogP contribution >= 0.6 is 11.6 Å². The van der Waals surface area contributed by atoms with Crippen LogP contribution in [-0.4, -0.2) is 32.4 Å². The number of hydrogen-bond donors (Lipinski definition) is 1. The molecule has 1 aliphatic heterocycles. The Morgan fingerprint density at radius 1 is 1.45 bits per heavy atom. The highest BCUT2D eigenvalue weighted by Crippen LogP contribution is 2.17. The SMILES string of the molecule is CC1CCCN(S(=O)(=O)NCCc2cccc(Cl)c2)C1. The predicted octanol–water partition coefficient (Wildman–Crippen LogP) is 2.45. The molecule has 6 heteroatoms. The summed E-state index contributed by atoms with van der Waals surface area (Å²) in [5.74, 6) is 0.438. The molecule has 0 spiro atoms. The zero-order chi connectivity index (χ0) is 14.6. The van der Waals surface area contributed by atoms with Gasteiger partial charge in [-0.05, 0) is 42.9 Å². The van der Waals surface area contributed by atoms with Crippen LogP contribution in [0.2, 0.25) is 5.02 Å². The Kier molecular flexibility index (Phi) is 5.43. The molecule has 1 atom stereocenters. The second-order valence-corrected chi connectivity index (χ2v) is 7.58. The van der Waals surface area contributed by atoms with E-state index in [4.69, 9.17) is 11.6 Å². The van der Waals surface area contributed by atoms with E-state index in [-0.39, 0.29) is 0 Å². The van der Waals surface area contributed by atoms with Crippen molar-refractivity contribution >= 4 is 21.8 Å². The van der Waals surface area contributed by atoms with Crippen molar-refractivity contribution in [3.8, 4) is 0 Å². The highest BCUT2D eigenvalue weighted by molar-refractivity contribution is 7.87. The summed E-state index contributed by atoms with van der Waals surface area (Å²) in [6, 6.07) is 7.49. The summed E-state index contributed by atoms with van der Waals surface area (Å²) < 4.78 is 28.6. The summed E-state index contributed by atoms with van der Waals surface area (Å²) in [6.45, 7) is 3.73. The standard InChI is InChI=1S/C14H21ClN2O2S/c1-12-4-3-9-17(11-12)20(18,19)16-8-7-13-5-2-6-14(15)10-13/h2,5-6,10,12,16H,3-4,7-9,11H2,1H3. The minimum absolute atomic E-state index is 0.396. The lowest BCUT2D eigenvalue weighted by Crippen LogP contribution is -2.46. The molecule has 1 aromatic carbocycles. The molecule has 0 saturated carbocycles. The zero-order valence-electron chi connectivity index (χ0n) is 11.7. The van der Waals surface area contributed by atoms with Crippen molar-refractivity contribution in [3.63, 3.8) is 0 Å². The summed E-state index contributed by atoms with van der Waals surface area (Å²) in [5, 5.41) is 0.676. The minimum atomic E-state index is -3.35. The number of benzene rings is 1. The molecule has 0 radical (unpaired) electrons. The Morgan fingerprint density at radius 3 is 2.95 bits per heavy atom. The molecule has 1 heterocycles. The van der Waals surface area contributed by atoms with E-state index in [0.717, 1.165) is 18.4 Å². The fourth-order valence-corrected chi connectivity index (χ4v) is 4.05. The van der Waals surface area contributed by atoms with Gasteiger partial charge in [0, 0.05) is 24.7 Å². The van der Waals surface area contributed by atoms with Gasteiger partial charge in [-0.2, -0.15) is 12.7 Å². The average molecular weight is 317 g/mol. The summed E-state index contributed by atoms with van der Waals surface area (Å²) in [5.41, 5.74) is 1.03. The Labute approximate surface area is 126 Å². The maximum absolute atomic E-state index is 12.2. The van der Waals surface area contributed by atoms with Gasteiger partial charge < -0.3 is 0 Å². The molecule has 2 rings (SSSR count). The number of rotatable bonds is 5. The van der Waals surface area contributed by atoms with E-state index in [1.54, 1.807) is 4.31 Å². The normalized spacial score (nSPS) is 21.0. The number of nitrogens with zero attached hydrogens (tertiary/aromatic N) is 1. The topological polar surface area (TPSA) is 49.4 Å². The molecule has 1 saturated heterocycles. The van der Waals surface area contributed by atoms with E-state index in [1.807, 2.05) is 24.3 Å². The van der Waals surface area contributed by atoms with Gasteiger partial charge in [0.1, 0.15) is 0 Å². The van der Waals surface area contributed by atoms with Crippen molar-refractivity contribution in [1.82, 2.24) is 9.03 Å². The van der Waals surface area contributed by atoms with Gasteiger partial charge in [-0.1, -0.05) is 30.7 Å². The van der Waals surface area contributed by atoms with Gasteiger partial charge in [0.15, 0.2) is 0 Å². The third-order valence-electron chi connectivity index (χ3n) is 3.55. The third-order valence-corrected chi connectivity index (χ3v) is 5.36. The van der Waals surface area contributed by atoms with Crippen molar-refractivity contribution in [2.45, 2.75) is 26.2 Å². The van der Waals surface area contributed by atoms with Crippen LogP contribution in [0.3, 0.4) is 0 Å². The summed E-state index contributed by atoms with van der Waals surface area (Å²) >= 11 is 5.90. The van der Waals surface area contributed by atoms with Crippen molar-refractivity contribution in [2.24, 2.45) is 5.92 Å². The first kappa shape index (κ1) is 15.8. The van der Waals surface area contributed by atoms with E-state index in [1.165, 1.54) is 0 Å². The fourth-order valence-electron chi connectivity index (χ4n) is 2.47. The molecule has 0 aromatic heterocycles. The molecule has 0 aliphatic carbocycles. The summed E-state index contributed by atoms with van der Waals surface area (Å²) in [7, 11) is -3.35. The molecule has 1 aliphatic rings. The zero-order valence-corrected chi connectivity index (χ0v) is 13.3. The number of hydrogen-bond acceptors (Lipinski definition) is 2. The van der Waals surface area contributed by atoms with Gasteiger partial charge in [-0.25, -0.2) is 4.72 Å². The summed E-state index contributed by atoms with van der Waals surface area (Å²) in [6.07, 6.45) is 2.69. The lowest BCUT2D eigenvalue weighted by Gasteiger charge is -2.29. The van der Waals surface area contributed by atoms with Gasteiger partial charge >= 0.3 is 0 Å². The fraction of sp³-hybridized carbons (Fsp3) is 0.571. The lowest BCUT2D eigenvalue weighted by molar-refractivity contribution is 0.278. The molecule has 112 valence electrons. The quantitative estimate of drug-likeness (QED) is 0.907. The van der Waals surface area contributed by atoms with Crippen LogP contribution in [0.25, 0.3) is 0 Å². The highest BCUT2D eigenvalue weighted by Gasteiger charge is 2.26. The van der Waals surface area contributed by atoms with Crippen LogP contribution in [-0.2, 0) is 16.6 Å². The van der Waals surface area contributed by atoms with Crippen LogP contribution in [0.1, 0.15) is 25.3 Å². The predicted molar refractivity (Wildman–Crippen MR) is 82.0 cm³/mol. The molecule has 4 nitrogen and oxygen atoms in total. The number of nitrogens with one attached hydrogen (secondary N) is 1. The van der Waals surface area contributed by atoms with E-state index in [9.17, 15) is 8.42 Å². The molecule has 0 bridgehead atoms. The molecular formula is C14H21ClN2O2S. The Bertz CT molecular complexity index is 548. The molecule has 1 N–H and O–H groups in total. The molecule has 1 aromatic rings. The molecule has 1 unspecified atom stereocenters. The van der Waals surface area contributed by atoms with Crippen LogP contribution in [0, 0.1) is 5.92 Å². The number of halogens is 1. The van der Waals surface area contributed by atoms with Crippen LogP contribution in [0.15, 0.2) is 24.3 Å². The highest BCUT2D eigenvalue weighted by atomic mass is 35.5. The first-order valence-corrected chi connectivity index (χ1v) is 8.78. The maximum atomic E-state index is 12.2. The van der Waals surface area contributed by atoms with Gasteiger partial charge in [0.25, 0.3) is 10.2 Å². The minimum Gasteiger partial charge on any atom is -0.202 e. The first-order valence-electron chi connectivity index (χ1n) is 6.96. The summed E-state index contributed by atoms with van der Waals surface area (Å²) in [4.78, 5) is 0. The smallest absolute Gasteiger partial charge is 0.202 e. The van der Waals surface area contributed by atoms with E-state index >= 15 is 0 Å². The average Bonchev–Trinajstić information content (AvgIpc) is 2.38. The second kappa shape index (κ2) is 6.89. The van der Waals surface area contributed by atoms with Gasteiger partial charge in [-0.3, -0.25) is 0 Å². The molecular weight excluding hydrogens is 296 g/mol. The van der Waals surface area contributed by atoms with Crippen molar-refractivity contribution in [1.29, 1.82) is 0 Å². The van der Waals surface area contributed by atoms with E-state index in [0.29, 0.717) is 37.0 Å². The van der Waals surface area contributed by atoms with Gasteiger partial charge in [-0.15, -0.1) is 0 Å². The molecule has 1 fully saturated rings. The van der Waals surface area contributed by atoms with Crippen molar-refractivity contribution in [2.75, 3.05) is 19.6 Å². The monoisotopic (exact) mass is 316 g/mol. The largest absolute Gasteiger partial charge is 0.279 e. The van der Waals surface area contributed by atoms with Crippen LogP contribution in [0.4, 0.5) is 0 Å². The lowest BCUT2D eigenvalue weighted by atomic mass is 10.0. The first-order chi connectivity index (χ1) is 9.47. The molecule has 0 amide bonds. The van der Waals surface area contributed by atoms with Crippen LogP contribution in [0.5, 0.6) is 0 Å². The Balaban J connectivity index is 1.86. The van der Waals surface area contributed by atoms with Crippen molar-refractivity contribution in [3.05, 3.63) is 34.9 Å². The number of piperidine rings is 1.